The van der Waals surface area contributed by atoms with Gasteiger partial charge in [0, 0.05) is 13.1 Å². The fraction of sp³-hybridized carbons (Fsp3) is 0.300. The highest BCUT2D eigenvalue weighted by Gasteiger charge is 2.36. The first-order chi connectivity index (χ1) is 9.34. The molecular weight excluding hydrogens is 293 g/mol. The number of piperazine rings is 1. The van der Waals surface area contributed by atoms with Gasteiger partial charge in [-0.05, 0) is 12.1 Å². The Bertz CT molecular complexity index is 675. The second-order valence-corrected chi connectivity index (χ2v) is 5.94. The van der Waals surface area contributed by atoms with Crippen LogP contribution >= 0.6 is 0 Å². The molecule has 1 aliphatic heterocycles. The van der Waals surface area contributed by atoms with Crippen molar-refractivity contribution in [2.45, 2.75) is 4.90 Å². The van der Waals surface area contributed by atoms with Gasteiger partial charge in [0.2, 0.25) is 11.7 Å². The second-order valence-electron chi connectivity index (χ2n) is 4.03. The third-order valence-electron chi connectivity index (χ3n) is 2.75. The number of sulfonamides is 1. The fourth-order valence-electron chi connectivity index (χ4n) is 1.84. The molecule has 0 unspecified atom stereocenters. The fourth-order valence-corrected chi connectivity index (χ4v) is 3.40. The highest BCUT2D eigenvalue weighted by molar-refractivity contribution is 7.89. The maximum Gasteiger partial charge on any atom is 0.324 e. The van der Waals surface area contributed by atoms with Crippen molar-refractivity contribution in [1.82, 2.24) is 9.62 Å². The minimum Gasteiger partial charge on any atom is -0.354 e. The summed E-state index contributed by atoms with van der Waals surface area (Å²) in [5, 5.41) is 13.3. The molecule has 1 N–H and O–H groups in total. The number of nitro groups is 1. The van der Waals surface area contributed by atoms with Gasteiger partial charge in [-0.25, -0.2) is 8.42 Å². The Kier molecular flexibility index (Phi) is 3.68. The van der Waals surface area contributed by atoms with E-state index in [9.17, 15) is 27.7 Å². The van der Waals surface area contributed by atoms with E-state index >= 15 is 0 Å². The van der Waals surface area contributed by atoms with Crippen LogP contribution < -0.4 is 5.32 Å². The van der Waals surface area contributed by atoms with Crippen LogP contribution in [0.1, 0.15) is 0 Å². The van der Waals surface area contributed by atoms with Crippen LogP contribution in [0.15, 0.2) is 23.1 Å². The number of amides is 1. The number of nitro benzene ring substituents is 1. The maximum absolute atomic E-state index is 13.5. The molecule has 0 bridgehead atoms. The summed E-state index contributed by atoms with van der Waals surface area (Å²) in [7, 11) is -4.30. The molecule has 1 aromatic carbocycles. The molecule has 8 nitrogen and oxygen atoms in total. The highest BCUT2D eigenvalue weighted by Crippen LogP contribution is 2.29. The van der Waals surface area contributed by atoms with E-state index in [2.05, 4.69) is 5.32 Å². The number of nitrogens with zero attached hydrogens (tertiary/aromatic N) is 2. The molecule has 108 valence electrons. The van der Waals surface area contributed by atoms with Crippen molar-refractivity contribution in [2.24, 2.45) is 0 Å². The Morgan fingerprint density at radius 2 is 2.10 bits per heavy atom. The van der Waals surface area contributed by atoms with Gasteiger partial charge in [0.15, 0.2) is 4.90 Å². The minimum absolute atomic E-state index is 0.0261. The molecule has 0 aliphatic carbocycles. The molecule has 0 spiro atoms. The molecule has 2 rings (SSSR count). The van der Waals surface area contributed by atoms with E-state index < -0.39 is 43.8 Å². The van der Waals surface area contributed by atoms with E-state index in [0.717, 1.165) is 22.5 Å². The van der Waals surface area contributed by atoms with E-state index in [1.165, 1.54) is 0 Å². The zero-order valence-electron chi connectivity index (χ0n) is 10.1. The standard InChI is InChI=1S/C10H10FN3O5S/c11-7-2-1-3-8(10(7)14(16)17)20(18,19)13-5-4-12-9(15)6-13/h1-3H,4-6H2,(H,12,15). The van der Waals surface area contributed by atoms with E-state index in [-0.39, 0.29) is 13.1 Å². The van der Waals surface area contributed by atoms with Gasteiger partial charge in [-0.3, -0.25) is 14.9 Å². The number of nitrogens with one attached hydrogen (secondary N) is 1. The number of carbonyl (C=O) groups is 1. The normalized spacial score (nSPS) is 16.8. The van der Waals surface area contributed by atoms with Gasteiger partial charge in [0.1, 0.15) is 0 Å². The summed E-state index contributed by atoms with van der Waals surface area (Å²) in [4.78, 5) is 20.2. The van der Waals surface area contributed by atoms with Crippen LogP contribution in [0.25, 0.3) is 0 Å². The molecule has 1 saturated heterocycles. The predicted molar refractivity (Wildman–Crippen MR) is 64.8 cm³/mol. The van der Waals surface area contributed by atoms with Crippen LogP contribution in [0, 0.1) is 15.9 Å². The van der Waals surface area contributed by atoms with Crippen molar-refractivity contribution in [1.29, 1.82) is 0 Å². The average molecular weight is 303 g/mol. The third kappa shape index (κ3) is 2.47. The zero-order chi connectivity index (χ0) is 14.9. The van der Waals surface area contributed by atoms with Gasteiger partial charge in [0.05, 0.1) is 11.5 Å². The molecule has 0 aromatic heterocycles. The average Bonchev–Trinajstić information content (AvgIpc) is 2.38. The maximum atomic E-state index is 13.5. The van der Waals surface area contributed by atoms with Crippen LogP contribution in [0.4, 0.5) is 10.1 Å². The summed E-state index contributed by atoms with van der Waals surface area (Å²) in [5.41, 5.74) is -1.11. The zero-order valence-corrected chi connectivity index (χ0v) is 10.9. The van der Waals surface area contributed by atoms with Gasteiger partial charge >= 0.3 is 5.69 Å². The third-order valence-corrected chi connectivity index (χ3v) is 4.63. The predicted octanol–water partition coefficient (Wildman–Crippen LogP) is -0.146. The number of hydrogen-bond donors (Lipinski definition) is 1. The molecule has 1 fully saturated rings. The van der Waals surface area contributed by atoms with Crippen molar-refractivity contribution in [2.75, 3.05) is 19.6 Å². The number of para-hydroxylation sites is 1. The molecule has 20 heavy (non-hydrogen) atoms. The number of carbonyl (C=O) groups excluding carboxylic acids is 1. The number of halogens is 1. The smallest absolute Gasteiger partial charge is 0.324 e. The van der Waals surface area contributed by atoms with Crippen molar-refractivity contribution in [3.8, 4) is 0 Å². The highest BCUT2D eigenvalue weighted by atomic mass is 32.2. The van der Waals surface area contributed by atoms with Gasteiger partial charge in [0.25, 0.3) is 10.0 Å². The number of rotatable bonds is 3. The Balaban J connectivity index is 2.52. The van der Waals surface area contributed by atoms with Gasteiger partial charge in [-0.1, -0.05) is 6.07 Å². The second kappa shape index (κ2) is 5.13. The summed E-state index contributed by atoms with van der Waals surface area (Å²) in [6, 6.07) is 2.82. The molecular formula is C10H10FN3O5S. The van der Waals surface area contributed by atoms with Crippen molar-refractivity contribution in [3.63, 3.8) is 0 Å². The molecule has 1 amide bonds. The molecule has 0 radical (unpaired) electrons. The Labute approximate surface area is 113 Å². The van der Waals surface area contributed by atoms with Crippen molar-refractivity contribution in [3.05, 3.63) is 34.1 Å². The summed E-state index contributed by atoms with van der Waals surface area (Å²) in [6.07, 6.45) is 0. The topological polar surface area (TPSA) is 110 Å². The monoisotopic (exact) mass is 303 g/mol. The largest absolute Gasteiger partial charge is 0.354 e. The SMILES string of the molecule is O=C1CN(S(=O)(=O)c2cccc(F)c2[N+](=O)[O-])CCN1. The molecule has 1 aromatic rings. The van der Waals surface area contributed by atoms with Crippen LogP contribution in [0.2, 0.25) is 0 Å². The first kappa shape index (κ1) is 14.3. The van der Waals surface area contributed by atoms with E-state index in [0.29, 0.717) is 0 Å². The molecule has 10 heteroatoms. The first-order valence-corrected chi connectivity index (χ1v) is 6.98. The van der Waals surface area contributed by atoms with Crippen LogP contribution in [0.5, 0.6) is 0 Å². The van der Waals surface area contributed by atoms with Crippen molar-refractivity contribution >= 4 is 21.6 Å². The molecule has 1 heterocycles. The minimum atomic E-state index is -4.30. The lowest BCUT2D eigenvalue weighted by molar-refractivity contribution is -0.390. The Hall–Kier alpha value is -2.07. The van der Waals surface area contributed by atoms with Crippen molar-refractivity contribution < 1.29 is 22.5 Å². The summed E-state index contributed by atoms with van der Waals surface area (Å²) >= 11 is 0. The lowest BCUT2D eigenvalue weighted by Crippen LogP contribution is -2.49. The van der Waals surface area contributed by atoms with E-state index in [4.69, 9.17) is 0 Å². The molecule has 0 atom stereocenters. The van der Waals surface area contributed by atoms with Gasteiger partial charge < -0.3 is 5.32 Å². The first-order valence-electron chi connectivity index (χ1n) is 5.54. The lowest BCUT2D eigenvalue weighted by Gasteiger charge is -2.25. The Morgan fingerprint density at radius 1 is 1.40 bits per heavy atom. The number of hydrogen-bond acceptors (Lipinski definition) is 5. The van der Waals surface area contributed by atoms with E-state index in [1.807, 2.05) is 0 Å². The molecule has 0 saturated carbocycles. The van der Waals surface area contributed by atoms with Gasteiger partial charge in [-0.2, -0.15) is 8.70 Å². The summed E-state index contributed by atoms with van der Waals surface area (Å²) in [5.74, 6) is -1.75. The van der Waals surface area contributed by atoms with Gasteiger partial charge in [-0.15, -0.1) is 0 Å². The molecule has 1 aliphatic rings. The van der Waals surface area contributed by atoms with Crippen LogP contribution in [0.3, 0.4) is 0 Å². The number of benzene rings is 1. The summed E-state index contributed by atoms with van der Waals surface area (Å²) in [6.45, 7) is -0.376. The van der Waals surface area contributed by atoms with Crippen LogP contribution in [-0.4, -0.2) is 43.2 Å². The quantitative estimate of drug-likeness (QED) is 0.617. The van der Waals surface area contributed by atoms with E-state index in [1.54, 1.807) is 0 Å². The lowest BCUT2D eigenvalue weighted by atomic mass is 10.3. The summed E-state index contributed by atoms with van der Waals surface area (Å²) < 4.78 is 38.8. The Morgan fingerprint density at radius 3 is 2.70 bits per heavy atom. The van der Waals surface area contributed by atoms with Crippen LogP contribution in [-0.2, 0) is 14.8 Å².